The SMILES string of the molecule is O=P(O)(O)O.O=c1cc(-c2ccccc2)oc2ccccc12.[Ca+2].[Ca+2].[Ca+2].[H-].[H-].[H-].[H-].[H-].[H-]. The molecule has 0 atom stereocenters. The van der Waals surface area contributed by atoms with Crippen molar-refractivity contribution in [2.24, 2.45) is 0 Å². The molecule has 1 aromatic heterocycles. The van der Waals surface area contributed by atoms with Crippen LogP contribution in [0.2, 0.25) is 0 Å². The first-order valence-corrected chi connectivity index (χ1v) is 7.78. The Labute approximate surface area is 242 Å². The van der Waals surface area contributed by atoms with Gasteiger partial charge in [-0.15, -0.1) is 0 Å². The zero-order valence-electron chi connectivity index (χ0n) is 19.4. The van der Waals surface area contributed by atoms with Crippen LogP contribution in [-0.2, 0) is 4.57 Å². The van der Waals surface area contributed by atoms with Crippen LogP contribution in [0, 0.1) is 0 Å². The van der Waals surface area contributed by atoms with Gasteiger partial charge in [0.15, 0.2) is 5.43 Å². The first-order chi connectivity index (χ1) is 10.3. The van der Waals surface area contributed by atoms with Crippen molar-refractivity contribution < 1.29 is 32.2 Å². The summed E-state index contributed by atoms with van der Waals surface area (Å²) in [5.41, 5.74) is 1.53. The smallest absolute Gasteiger partial charge is 1.00 e. The minimum Gasteiger partial charge on any atom is -1.00 e. The first kappa shape index (κ1) is 28.7. The van der Waals surface area contributed by atoms with Crippen LogP contribution in [0.3, 0.4) is 0 Å². The normalized spacial score (nSPS) is 9.56. The monoisotopic (exact) mass is 446 g/mol. The molecule has 0 aliphatic rings. The summed E-state index contributed by atoms with van der Waals surface area (Å²) in [6.07, 6.45) is 0. The van der Waals surface area contributed by atoms with Crippen LogP contribution < -0.4 is 5.43 Å². The number of hydrogen-bond acceptors (Lipinski definition) is 3. The third-order valence-electron chi connectivity index (χ3n) is 2.69. The van der Waals surface area contributed by atoms with Crippen LogP contribution in [0.4, 0.5) is 0 Å². The van der Waals surface area contributed by atoms with Crippen molar-refractivity contribution in [3.8, 4) is 11.3 Å². The molecular formula is C15H19Ca3O6P. The number of para-hydroxylation sites is 1. The van der Waals surface area contributed by atoms with Gasteiger partial charge in [0.2, 0.25) is 0 Å². The van der Waals surface area contributed by atoms with E-state index in [4.69, 9.17) is 23.7 Å². The Balaban J connectivity index is -0.0000000579. The maximum Gasteiger partial charge on any atom is 2.00 e. The van der Waals surface area contributed by atoms with Crippen molar-refractivity contribution in [3.63, 3.8) is 0 Å². The fraction of sp³-hybridized carbons (Fsp3) is 0. The number of fused-ring (bicyclic) bond motifs is 1. The van der Waals surface area contributed by atoms with Gasteiger partial charge in [0, 0.05) is 11.6 Å². The Kier molecular flexibility index (Phi) is 15.7. The second-order valence-corrected chi connectivity index (χ2v) is 5.38. The summed E-state index contributed by atoms with van der Waals surface area (Å²) < 4.78 is 14.6. The summed E-state index contributed by atoms with van der Waals surface area (Å²) in [6.45, 7) is 0. The molecule has 0 saturated heterocycles. The van der Waals surface area contributed by atoms with Gasteiger partial charge >= 0.3 is 121 Å². The molecule has 0 bridgehead atoms. The molecule has 3 N–H and O–H groups in total. The summed E-state index contributed by atoms with van der Waals surface area (Å²) in [6, 6.07) is 18.4. The van der Waals surface area contributed by atoms with E-state index in [1.54, 1.807) is 6.07 Å². The van der Waals surface area contributed by atoms with Gasteiger partial charge in [0.25, 0.3) is 0 Å². The van der Waals surface area contributed by atoms with Crippen molar-refractivity contribution in [2.75, 3.05) is 0 Å². The van der Waals surface area contributed by atoms with Gasteiger partial charge in [-0.3, -0.25) is 4.79 Å². The molecule has 0 spiro atoms. The Morgan fingerprint density at radius 2 is 1.32 bits per heavy atom. The topological polar surface area (TPSA) is 108 Å². The van der Waals surface area contributed by atoms with Crippen LogP contribution in [0.1, 0.15) is 8.56 Å². The van der Waals surface area contributed by atoms with E-state index in [0.717, 1.165) is 5.56 Å². The van der Waals surface area contributed by atoms with Crippen LogP contribution in [0.5, 0.6) is 0 Å². The van der Waals surface area contributed by atoms with Crippen molar-refractivity contribution in [2.45, 2.75) is 0 Å². The molecule has 25 heavy (non-hydrogen) atoms. The van der Waals surface area contributed by atoms with E-state index < -0.39 is 7.82 Å². The van der Waals surface area contributed by atoms with E-state index in [1.807, 2.05) is 48.5 Å². The average molecular weight is 447 g/mol. The van der Waals surface area contributed by atoms with Gasteiger partial charge in [-0.1, -0.05) is 42.5 Å². The number of rotatable bonds is 1. The van der Waals surface area contributed by atoms with Gasteiger partial charge < -0.3 is 27.7 Å². The molecule has 10 heteroatoms. The molecular weight excluding hydrogens is 427 g/mol. The molecule has 0 aliphatic carbocycles. The van der Waals surface area contributed by atoms with E-state index in [1.165, 1.54) is 6.07 Å². The van der Waals surface area contributed by atoms with Gasteiger partial charge in [-0.25, -0.2) is 4.57 Å². The molecule has 6 nitrogen and oxygen atoms in total. The van der Waals surface area contributed by atoms with Crippen molar-refractivity contribution in [1.29, 1.82) is 0 Å². The Morgan fingerprint density at radius 3 is 1.88 bits per heavy atom. The second kappa shape index (κ2) is 13.7. The molecule has 1 heterocycles. The summed E-state index contributed by atoms with van der Waals surface area (Å²) in [5, 5.41) is 0.618. The van der Waals surface area contributed by atoms with Gasteiger partial charge in [-0.05, 0) is 12.1 Å². The summed E-state index contributed by atoms with van der Waals surface area (Å²) >= 11 is 0. The predicted octanol–water partition coefficient (Wildman–Crippen LogP) is 2.06. The third-order valence-corrected chi connectivity index (χ3v) is 2.69. The number of phosphoric acid groups is 1. The molecule has 0 saturated carbocycles. The minimum absolute atomic E-state index is 0. The summed E-state index contributed by atoms with van der Waals surface area (Å²) in [5.74, 6) is 0.606. The first-order valence-electron chi connectivity index (χ1n) is 6.21. The van der Waals surface area contributed by atoms with E-state index >= 15 is 0 Å². The largest absolute Gasteiger partial charge is 2.00 e. The molecule has 0 radical (unpaired) electrons. The summed E-state index contributed by atoms with van der Waals surface area (Å²) in [7, 11) is -4.64. The van der Waals surface area contributed by atoms with Gasteiger partial charge in [-0.2, -0.15) is 0 Å². The molecule has 0 aliphatic heterocycles. The van der Waals surface area contributed by atoms with E-state index in [9.17, 15) is 4.79 Å². The van der Waals surface area contributed by atoms with Crippen molar-refractivity contribution >= 4 is 132 Å². The molecule has 3 aromatic rings. The predicted molar refractivity (Wildman–Crippen MR) is 106 cm³/mol. The standard InChI is InChI=1S/C15H10O2.3Ca.H3O4P.6H/c16-13-10-15(11-6-2-1-3-7-11)17-14-9-5-4-8-12(13)14;;;;1-5(2,3)4;;;;;;/h1-10H;;;;(H3,1,2,3,4);;;;;;/q;3*+2;;6*-1. The fourth-order valence-corrected chi connectivity index (χ4v) is 1.85. The van der Waals surface area contributed by atoms with Crippen molar-refractivity contribution in [3.05, 3.63) is 70.9 Å². The number of benzene rings is 2. The minimum atomic E-state index is -4.64. The summed E-state index contributed by atoms with van der Waals surface area (Å²) in [4.78, 5) is 33.5. The fourth-order valence-electron chi connectivity index (χ4n) is 1.85. The van der Waals surface area contributed by atoms with Crippen molar-refractivity contribution in [1.82, 2.24) is 0 Å². The Bertz CT molecular complexity index is 893. The van der Waals surface area contributed by atoms with Crippen LogP contribution in [-0.4, -0.2) is 128 Å². The van der Waals surface area contributed by atoms with Crippen LogP contribution in [0.25, 0.3) is 22.3 Å². The number of hydrogen-bond donors (Lipinski definition) is 3. The second-order valence-electron chi connectivity index (χ2n) is 4.35. The molecule has 0 amide bonds. The molecule has 0 fully saturated rings. The quantitative estimate of drug-likeness (QED) is 0.390. The van der Waals surface area contributed by atoms with E-state index in [0.29, 0.717) is 16.7 Å². The van der Waals surface area contributed by atoms with Gasteiger partial charge in [0.05, 0.1) is 5.39 Å². The zero-order valence-corrected chi connectivity index (χ0v) is 20.9. The molecule has 0 unspecified atom stereocenters. The van der Waals surface area contributed by atoms with Crippen LogP contribution >= 0.6 is 7.82 Å². The molecule has 2 aromatic carbocycles. The average Bonchev–Trinajstić information content (AvgIpc) is 2.46. The van der Waals surface area contributed by atoms with Gasteiger partial charge in [0.1, 0.15) is 11.3 Å². The Hall–Kier alpha value is 1.54. The maximum atomic E-state index is 11.9. The maximum absolute atomic E-state index is 11.9. The Morgan fingerprint density at radius 1 is 0.840 bits per heavy atom. The third kappa shape index (κ3) is 10.6. The zero-order chi connectivity index (χ0) is 16.2. The van der Waals surface area contributed by atoms with Crippen LogP contribution in [0.15, 0.2) is 69.9 Å². The van der Waals surface area contributed by atoms with E-state index in [2.05, 4.69) is 0 Å². The molecule has 126 valence electrons. The van der Waals surface area contributed by atoms with E-state index in [-0.39, 0.29) is 127 Å². The molecule has 3 rings (SSSR count).